The molecule has 0 saturated heterocycles. The Kier molecular flexibility index (Phi) is 5.22. The third-order valence-corrected chi connectivity index (χ3v) is 5.22. The summed E-state index contributed by atoms with van der Waals surface area (Å²) >= 11 is 0. The summed E-state index contributed by atoms with van der Waals surface area (Å²) in [5.74, 6) is 2.12. The number of hydrogen-bond acceptors (Lipinski definition) is 6. The van der Waals surface area contributed by atoms with Gasteiger partial charge in [-0.1, -0.05) is 6.07 Å². The van der Waals surface area contributed by atoms with Crippen LogP contribution in [0.1, 0.15) is 16.8 Å². The molecule has 1 aromatic heterocycles. The Morgan fingerprint density at radius 1 is 1.14 bits per heavy atom. The van der Waals surface area contributed by atoms with Crippen molar-refractivity contribution < 1.29 is 9.47 Å². The quantitative estimate of drug-likeness (QED) is 0.649. The molecule has 150 valence electrons. The fraction of sp³-hybridized carbons (Fsp3) is 0.273. The van der Waals surface area contributed by atoms with Gasteiger partial charge < -0.3 is 20.2 Å². The molecule has 4 rings (SSSR count). The van der Waals surface area contributed by atoms with E-state index in [0.717, 1.165) is 40.4 Å². The number of aromatic amines is 1. The van der Waals surface area contributed by atoms with E-state index in [1.807, 2.05) is 30.3 Å². The predicted octanol–water partition coefficient (Wildman–Crippen LogP) is 2.59. The lowest BCUT2D eigenvalue weighted by Crippen LogP contribution is -2.35. The van der Waals surface area contributed by atoms with Crippen LogP contribution in [0.3, 0.4) is 0 Å². The van der Waals surface area contributed by atoms with Crippen LogP contribution in [-0.4, -0.2) is 35.6 Å². The summed E-state index contributed by atoms with van der Waals surface area (Å²) in [5, 5.41) is 0. The molecular formula is C22H24N4O3. The largest absolute Gasteiger partial charge is 0.497 e. The third kappa shape index (κ3) is 3.95. The number of nitrogen functional groups attached to an aromatic ring is 1. The van der Waals surface area contributed by atoms with E-state index in [1.165, 1.54) is 0 Å². The van der Waals surface area contributed by atoms with Gasteiger partial charge in [-0.25, -0.2) is 4.98 Å². The molecule has 0 radical (unpaired) electrons. The van der Waals surface area contributed by atoms with Gasteiger partial charge in [0.05, 0.1) is 19.9 Å². The van der Waals surface area contributed by atoms with E-state index in [2.05, 4.69) is 9.88 Å². The molecule has 3 N–H and O–H groups in total. The Morgan fingerprint density at radius 3 is 2.66 bits per heavy atom. The summed E-state index contributed by atoms with van der Waals surface area (Å²) in [6.07, 6.45) is 0.665. The van der Waals surface area contributed by atoms with E-state index < -0.39 is 0 Å². The smallest absolute Gasteiger partial charge is 0.254 e. The minimum absolute atomic E-state index is 0.0662. The molecule has 2 aromatic carbocycles. The Hall–Kier alpha value is -3.32. The highest BCUT2D eigenvalue weighted by molar-refractivity contribution is 5.58. The summed E-state index contributed by atoms with van der Waals surface area (Å²) in [5.41, 5.74) is 9.87. The number of hydrogen-bond donors (Lipinski definition) is 2. The van der Waals surface area contributed by atoms with Gasteiger partial charge in [0.15, 0.2) is 0 Å². The fourth-order valence-electron chi connectivity index (χ4n) is 3.63. The van der Waals surface area contributed by atoms with Gasteiger partial charge in [-0.05, 0) is 36.8 Å². The first-order valence-corrected chi connectivity index (χ1v) is 9.48. The summed E-state index contributed by atoms with van der Waals surface area (Å²) in [4.78, 5) is 22.5. The molecule has 1 aliphatic heterocycles. The maximum absolute atomic E-state index is 12.6. The number of methoxy groups -OCH3 is 2. The highest BCUT2D eigenvalue weighted by atomic mass is 16.5. The lowest BCUT2D eigenvalue weighted by molar-refractivity contribution is 0.237. The van der Waals surface area contributed by atoms with Crippen LogP contribution in [0.2, 0.25) is 0 Å². The standard InChI is InChI=1S/C22H24N4O3/c1-28-17-8-5-15(20(11-17)29-2)12-26-10-9-18-19(13-26)24-21(25-22(18)27)14-3-6-16(23)7-4-14/h3-8,11H,9-10,12-13,23H2,1-2H3,(H,24,25,27). The molecule has 0 saturated carbocycles. The molecule has 1 aliphatic rings. The number of benzene rings is 2. The Labute approximate surface area is 169 Å². The lowest BCUT2D eigenvalue weighted by Gasteiger charge is -2.28. The molecule has 0 aliphatic carbocycles. The second-order valence-electron chi connectivity index (χ2n) is 7.10. The third-order valence-electron chi connectivity index (χ3n) is 5.22. The molecule has 2 heterocycles. The van der Waals surface area contributed by atoms with Crippen molar-refractivity contribution in [3.8, 4) is 22.9 Å². The Morgan fingerprint density at radius 2 is 1.93 bits per heavy atom. The van der Waals surface area contributed by atoms with Crippen LogP contribution in [0.5, 0.6) is 11.5 Å². The van der Waals surface area contributed by atoms with Gasteiger partial charge in [-0.15, -0.1) is 0 Å². The fourth-order valence-corrected chi connectivity index (χ4v) is 3.63. The van der Waals surface area contributed by atoms with Crippen LogP contribution >= 0.6 is 0 Å². The number of nitrogens with one attached hydrogen (secondary N) is 1. The van der Waals surface area contributed by atoms with Crippen LogP contribution in [0, 0.1) is 0 Å². The van der Waals surface area contributed by atoms with Crippen molar-refractivity contribution in [3.63, 3.8) is 0 Å². The van der Waals surface area contributed by atoms with Crippen molar-refractivity contribution in [2.45, 2.75) is 19.5 Å². The van der Waals surface area contributed by atoms with Crippen molar-refractivity contribution in [2.75, 3.05) is 26.5 Å². The molecule has 3 aromatic rings. The van der Waals surface area contributed by atoms with Gasteiger partial charge >= 0.3 is 0 Å². The normalized spacial score (nSPS) is 13.7. The minimum atomic E-state index is -0.0662. The molecule has 7 heteroatoms. The van der Waals surface area contributed by atoms with Crippen molar-refractivity contribution in [1.29, 1.82) is 0 Å². The zero-order valence-electron chi connectivity index (χ0n) is 16.6. The van der Waals surface area contributed by atoms with Crippen LogP contribution in [-0.2, 0) is 19.5 Å². The second kappa shape index (κ2) is 7.97. The van der Waals surface area contributed by atoms with Gasteiger partial charge in [-0.3, -0.25) is 9.69 Å². The zero-order valence-corrected chi connectivity index (χ0v) is 16.6. The number of aromatic nitrogens is 2. The van der Waals surface area contributed by atoms with E-state index in [9.17, 15) is 4.79 Å². The van der Waals surface area contributed by atoms with Crippen LogP contribution in [0.25, 0.3) is 11.4 Å². The highest BCUT2D eigenvalue weighted by Gasteiger charge is 2.22. The molecular weight excluding hydrogens is 368 g/mol. The zero-order chi connectivity index (χ0) is 20.4. The highest BCUT2D eigenvalue weighted by Crippen LogP contribution is 2.27. The van der Waals surface area contributed by atoms with Crippen LogP contribution < -0.4 is 20.8 Å². The SMILES string of the molecule is COc1ccc(CN2CCc3c(nc(-c4ccc(N)cc4)[nH]c3=O)C2)c(OC)c1. The summed E-state index contributed by atoms with van der Waals surface area (Å²) < 4.78 is 10.8. The monoisotopic (exact) mass is 392 g/mol. The summed E-state index contributed by atoms with van der Waals surface area (Å²) in [7, 11) is 3.29. The van der Waals surface area contributed by atoms with Crippen molar-refractivity contribution in [2.24, 2.45) is 0 Å². The average molecular weight is 392 g/mol. The molecule has 0 fully saturated rings. The maximum Gasteiger partial charge on any atom is 0.254 e. The molecule has 0 amide bonds. The summed E-state index contributed by atoms with van der Waals surface area (Å²) in [6, 6.07) is 13.2. The number of fused-ring (bicyclic) bond motifs is 1. The van der Waals surface area contributed by atoms with Gasteiger partial charge in [0.2, 0.25) is 0 Å². The van der Waals surface area contributed by atoms with E-state index in [-0.39, 0.29) is 5.56 Å². The number of ether oxygens (including phenoxy) is 2. The predicted molar refractivity (Wildman–Crippen MR) is 112 cm³/mol. The summed E-state index contributed by atoms with van der Waals surface area (Å²) in [6.45, 7) is 2.10. The number of rotatable bonds is 5. The molecule has 29 heavy (non-hydrogen) atoms. The van der Waals surface area contributed by atoms with Crippen molar-refractivity contribution in [1.82, 2.24) is 14.9 Å². The average Bonchev–Trinajstić information content (AvgIpc) is 2.74. The van der Waals surface area contributed by atoms with Gasteiger partial charge in [0, 0.05) is 48.1 Å². The van der Waals surface area contributed by atoms with Crippen molar-refractivity contribution >= 4 is 5.69 Å². The van der Waals surface area contributed by atoms with Gasteiger partial charge in [0.25, 0.3) is 5.56 Å². The van der Waals surface area contributed by atoms with E-state index in [1.54, 1.807) is 26.4 Å². The van der Waals surface area contributed by atoms with Gasteiger partial charge in [0.1, 0.15) is 17.3 Å². The molecule has 0 unspecified atom stereocenters. The van der Waals surface area contributed by atoms with E-state index >= 15 is 0 Å². The molecule has 0 atom stereocenters. The first kappa shape index (κ1) is 19.0. The van der Waals surface area contributed by atoms with Crippen LogP contribution in [0.4, 0.5) is 5.69 Å². The first-order valence-electron chi connectivity index (χ1n) is 9.48. The number of nitrogens with two attached hydrogens (primary N) is 1. The molecule has 7 nitrogen and oxygen atoms in total. The van der Waals surface area contributed by atoms with Crippen molar-refractivity contribution in [3.05, 3.63) is 69.6 Å². The number of nitrogens with zero attached hydrogens (tertiary/aromatic N) is 2. The Bertz CT molecular complexity index is 1080. The molecule has 0 spiro atoms. The lowest BCUT2D eigenvalue weighted by atomic mass is 10.0. The Balaban J connectivity index is 1.59. The number of anilines is 1. The van der Waals surface area contributed by atoms with Gasteiger partial charge in [-0.2, -0.15) is 0 Å². The van der Waals surface area contributed by atoms with Crippen LogP contribution in [0.15, 0.2) is 47.3 Å². The maximum atomic E-state index is 12.6. The second-order valence-corrected chi connectivity index (χ2v) is 7.10. The number of H-pyrrole nitrogens is 1. The van der Waals surface area contributed by atoms with E-state index in [0.29, 0.717) is 31.0 Å². The first-order chi connectivity index (χ1) is 14.1. The molecule has 0 bridgehead atoms. The topological polar surface area (TPSA) is 93.5 Å². The van der Waals surface area contributed by atoms with E-state index in [4.69, 9.17) is 20.2 Å². The minimum Gasteiger partial charge on any atom is -0.497 e.